The van der Waals surface area contributed by atoms with Crippen LogP contribution in [0.3, 0.4) is 0 Å². The summed E-state index contributed by atoms with van der Waals surface area (Å²) in [5.74, 6) is -0.377. The topological polar surface area (TPSA) is 70.1 Å². The van der Waals surface area contributed by atoms with Gasteiger partial charge in [-0.25, -0.2) is 0 Å². The zero-order valence-electron chi connectivity index (χ0n) is 19.0. The second-order valence-electron chi connectivity index (χ2n) is 9.69. The number of amides is 1. The number of likely N-dealkylation sites (tertiary alicyclic amines) is 1. The van der Waals surface area contributed by atoms with Crippen molar-refractivity contribution in [2.75, 3.05) is 20.2 Å². The maximum atomic E-state index is 13.3. The van der Waals surface area contributed by atoms with Crippen LogP contribution in [0.25, 0.3) is 0 Å². The van der Waals surface area contributed by atoms with Crippen molar-refractivity contribution in [2.45, 2.75) is 81.3 Å². The summed E-state index contributed by atoms with van der Waals surface area (Å²) in [4.78, 5) is 29.8. The minimum Gasteiger partial charge on any atom is -0.468 e. The van der Waals surface area contributed by atoms with Gasteiger partial charge in [0.05, 0.1) is 7.11 Å². The number of carbonyl (C=O) groups excluding carboxylic acids is 2. The number of alkyl halides is 3. The van der Waals surface area contributed by atoms with Crippen LogP contribution in [0.4, 0.5) is 13.2 Å². The Kier molecular flexibility index (Phi) is 6.24. The van der Waals surface area contributed by atoms with Gasteiger partial charge in [-0.2, -0.15) is 13.2 Å². The number of esters is 1. The van der Waals surface area contributed by atoms with Gasteiger partial charge in [0.15, 0.2) is 5.60 Å². The van der Waals surface area contributed by atoms with Gasteiger partial charge in [0.1, 0.15) is 5.54 Å². The van der Waals surface area contributed by atoms with E-state index >= 15 is 0 Å². The molecule has 33 heavy (non-hydrogen) atoms. The minimum absolute atomic E-state index is 0.0222. The van der Waals surface area contributed by atoms with Crippen LogP contribution in [0.2, 0.25) is 0 Å². The van der Waals surface area contributed by atoms with Crippen LogP contribution in [-0.4, -0.2) is 70.8 Å². The molecule has 2 saturated carbocycles. The van der Waals surface area contributed by atoms with Crippen molar-refractivity contribution in [1.82, 2.24) is 9.80 Å². The van der Waals surface area contributed by atoms with Crippen molar-refractivity contribution in [1.29, 1.82) is 0 Å². The van der Waals surface area contributed by atoms with Crippen LogP contribution in [0.5, 0.6) is 0 Å². The van der Waals surface area contributed by atoms with Gasteiger partial charge in [-0.1, -0.05) is 12.1 Å². The van der Waals surface area contributed by atoms with E-state index < -0.39 is 17.3 Å². The number of piperidine rings is 1. The Balaban J connectivity index is 1.46. The number of aliphatic hydroxyl groups is 1. The molecule has 4 rings (SSSR count). The van der Waals surface area contributed by atoms with Crippen LogP contribution in [0, 0.1) is 0 Å². The van der Waals surface area contributed by atoms with Gasteiger partial charge >= 0.3 is 12.1 Å². The fourth-order valence-electron chi connectivity index (χ4n) is 5.16. The quantitative estimate of drug-likeness (QED) is 0.646. The molecule has 0 spiro atoms. The first kappa shape index (κ1) is 24.0. The van der Waals surface area contributed by atoms with Gasteiger partial charge in [0.25, 0.3) is 5.91 Å². The van der Waals surface area contributed by atoms with E-state index in [9.17, 15) is 27.9 Å². The molecule has 1 amide bonds. The number of hydrogen-bond donors (Lipinski definition) is 1. The minimum atomic E-state index is -4.81. The zero-order valence-corrected chi connectivity index (χ0v) is 19.0. The predicted molar refractivity (Wildman–Crippen MR) is 114 cm³/mol. The lowest BCUT2D eigenvalue weighted by Crippen LogP contribution is -2.63. The largest absolute Gasteiger partial charge is 0.468 e. The maximum Gasteiger partial charge on any atom is 0.421 e. The second-order valence-corrected chi connectivity index (χ2v) is 9.69. The molecule has 0 bridgehead atoms. The van der Waals surface area contributed by atoms with Crippen molar-refractivity contribution in [3.05, 3.63) is 35.4 Å². The van der Waals surface area contributed by atoms with Crippen LogP contribution < -0.4 is 0 Å². The lowest BCUT2D eigenvalue weighted by atomic mass is 9.74. The van der Waals surface area contributed by atoms with E-state index in [1.54, 1.807) is 0 Å². The molecular weight excluding hydrogens is 437 g/mol. The fourth-order valence-corrected chi connectivity index (χ4v) is 5.16. The molecule has 182 valence electrons. The van der Waals surface area contributed by atoms with E-state index in [4.69, 9.17) is 4.74 Å². The molecule has 0 aromatic heterocycles. The summed E-state index contributed by atoms with van der Waals surface area (Å²) in [7, 11) is 1.42. The lowest BCUT2D eigenvalue weighted by Gasteiger charge is -2.51. The summed E-state index contributed by atoms with van der Waals surface area (Å²) in [6.07, 6.45) is 1.09. The number of nitrogens with zero attached hydrogens (tertiary/aromatic N) is 2. The fraction of sp³-hybridized carbons (Fsp3) is 0.667. The monoisotopic (exact) mass is 468 g/mol. The highest BCUT2D eigenvalue weighted by molar-refractivity contribution is 5.95. The molecule has 9 heteroatoms. The highest BCUT2D eigenvalue weighted by Crippen LogP contribution is 2.42. The zero-order chi connectivity index (χ0) is 24.0. The average molecular weight is 469 g/mol. The van der Waals surface area contributed by atoms with E-state index in [1.807, 2.05) is 4.90 Å². The molecule has 1 heterocycles. The smallest absolute Gasteiger partial charge is 0.421 e. The number of methoxy groups -OCH3 is 1. The molecular formula is C24H31F3N2O4. The van der Waals surface area contributed by atoms with E-state index in [1.165, 1.54) is 31.4 Å². The van der Waals surface area contributed by atoms with Gasteiger partial charge in [-0.05, 0) is 69.6 Å². The molecule has 1 aromatic rings. The Morgan fingerprint density at radius 2 is 1.61 bits per heavy atom. The molecule has 0 radical (unpaired) electrons. The molecule has 1 atom stereocenters. The van der Waals surface area contributed by atoms with Crippen molar-refractivity contribution >= 4 is 11.9 Å². The average Bonchev–Trinajstić information content (AvgIpc) is 3.58. The van der Waals surface area contributed by atoms with Crippen molar-refractivity contribution in [2.24, 2.45) is 0 Å². The second kappa shape index (κ2) is 8.58. The standard InChI is InChI=1S/C24H31F3N2O4/c1-22(32,24(25,26)27)17-6-4-16(5-7-17)20(30)29(18-8-9-18)19-10-14-28(15-11-19)23(12-3-13-23)21(31)33-2/h4-7,18-19,32H,3,8-15H2,1-2H3/t22-/m0/s1. The highest BCUT2D eigenvalue weighted by atomic mass is 19.4. The molecule has 0 unspecified atom stereocenters. The molecule has 3 aliphatic rings. The van der Waals surface area contributed by atoms with Crippen molar-refractivity contribution in [3.8, 4) is 0 Å². The lowest BCUT2D eigenvalue weighted by molar-refractivity contribution is -0.258. The summed E-state index contributed by atoms with van der Waals surface area (Å²) in [6.45, 7) is 2.10. The summed E-state index contributed by atoms with van der Waals surface area (Å²) < 4.78 is 44.4. The molecule has 2 aliphatic carbocycles. The van der Waals surface area contributed by atoms with Gasteiger partial charge in [0.2, 0.25) is 0 Å². The highest BCUT2D eigenvalue weighted by Gasteiger charge is 2.52. The van der Waals surface area contributed by atoms with E-state index in [0.717, 1.165) is 44.9 Å². The van der Waals surface area contributed by atoms with Gasteiger partial charge in [-0.15, -0.1) is 0 Å². The summed E-state index contributed by atoms with van der Waals surface area (Å²) in [5.41, 5.74) is -3.49. The Morgan fingerprint density at radius 1 is 1.06 bits per heavy atom. The molecule has 1 N–H and O–H groups in total. The molecule has 1 aromatic carbocycles. The molecule has 3 fully saturated rings. The van der Waals surface area contributed by atoms with Gasteiger partial charge < -0.3 is 14.7 Å². The third kappa shape index (κ3) is 4.25. The summed E-state index contributed by atoms with van der Waals surface area (Å²) in [5, 5.41) is 9.88. The Morgan fingerprint density at radius 3 is 2.03 bits per heavy atom. The Labute approximate surface area is 191 Å². The molecule has 6 nitrogen and oxygen atoms in total. The first-order valence-electron chi connectivity index (χ1n) is 11.6. The van der Waals surface area contributed by atoms with Crippen LogP contribution in [0.15, 0.2) is 24.3 Å². The van der Waals surface area contributed by atoms with Crippen LogP contribution in [-0.2, 0) is 15.1 Å². The molecule has 1 saturated heterocycles. The number of benzene rings is 1. The number of hydrogen-bond acceptors (Lipinski definition) is 5. The summed E-state index contributed by atoms with van der Waals surface area (Å²) in [6, 6.07) is 5.24. The first-order valence-corrected chi connectivity index (χ1v) is 11.6. The van der Waals surface area contributed by atoms with Gasteiger partial charge in [-0.3, -0.25) is 14.5 Å². The number of carbonyl (C=O) groups is 2. The number of ether oxygens (including phenoxy) is 1. The first-order chi connectivity index (χ1) is 15.5. The Bertz CT molecular complexity index is 884. The molecule has 1 aliphatic heterocycles. The van der Waals surface area contributed by atoms with Crippen molar-refractivity contribution < 1.29 is 32.6 Å². The van der Waals surface area contributed by atoms with E-state index in [-0.39, 0.29) is 29.5 Å². The van der Waals surface area contributed by atoms with Crippen LogP contribution >= 0.6 is 0 Å². The van der Waals surface area contributed by atoms with Crippen molar-refractivity contribution in [3.63, 3.8) is 0 Å². The predicted octanol–water partition coefficient (Wildman–Crippen LogP) is 3.62. The number of rotatable bonds is 6. The third-order valence-electron chi connectivity index (χ3n) is 7.63. The summed E-state index contributed by atoms with van der Waals surface area (Å²) >= 11 is 0. The third-order valence-corrected chi connectivity index (χ3v) is 7.63. The van der Waals surface area contributed by atoms with E-state index in [2.05, 4.69) is 4.90 Å². The maximum absolute atomic E-state index is 13.3. The SMILES string of the molecule is COC(=O)C1(N2CCC(N(C(=O)c3ccc([C@](C)(O)C(F)(F)F)cc3)C3CC3)CC2)CCC1. The number of halogens is 3. The van der Waals surface area contributed by atoms with Crippen LogP contribution in [0.1, 0.15) is 67.8 Å². The van der Waals surface area contributed by atoms with E-state index in [0.29, 0.717) is 25.6 Å². The van der Waals surface area contributed by atoms with Gasteiger partial charge in [0, 0.05) is 30.7 Å². The normalized spacial score (nSPS) is 23.3. The Hall–Kier alpha value is -2.13.